The Bertz CT molecular complexity index is 690. The van der Waals surface area contributed by atoms with E-state index in [1.54, 1.807) is 24.3 Å². The zero-order valence-electron chi connectivity index (χ0n) is 14.0. The van der Waals surface area contributed by atoms with Crippen molar-refractivity contribution in [3.63, 3.8) is 0 Å². The van der Waals surface area contributed by atoms with E-state index in [1.165, 1.54) is 0 Å². The van der Waals surface area contributed by atoms with Crippen LogP contribution in [0.2, 0.25) is 5.02 Å². The van der Waals surface area contributed by atoms with E-state index in [0.29, 0.717) is 17.3 Å². The van der Waals surface area contributed by atoms with Gasteiger partial charge >= 0.3 is 5.97 Å². The lowest BCUT2D eigenvalue weighted by molar-refractivity contribution is -0.139. The van der Waals surface area contributed by atoms with Crippen LogP contribution in [-0.4, -0.2) is 35.4 Å². The monoisotopic (exact) mass is 363 g/mol. The van der Waals surface area contributed by atoms with Crippen LogP contribution in [0.3, 0.4) is 0 Å². The van der Waals surface area contributed by atoms with Gasteiger partial charge in [0.15, 0.2) is 6.61 Å². The second-order valence-corrected chi connectivity index (χ2v) is 6.35. The number of hydrogen-bond donors (Lipinski definition) is 3. The van der Waals surface area contributed by atoms with Gasteiger partial charge in [0.1, 0.15) is 5.75 Å². The molecule has 0 spiro atoms. The molecule has 5 nitrogen and oxygen atoms in total. The van der Waals surface area contributed by atoms with Gasteiger partial charge in [0.05, 0.1) is 6.10 Å². The van der Waals surface area contributed by atoms with Gasteiger partial charge in [0, 0.05) is 17.6 Å². The molecule has 25 heavy (non-hydrogen) atoms. The third-order valence-electron chi connectivity index (χ3n) is 3.72. The number of aliphatic carboxylic acids is 1. The Balaban J connectivity index is 1.79. The summed E-state index contributed by atoms with van der Waals surface area (Å²) >= 11 is 5.94. The number of ether oxygens (including phenoxy) is 1. The number of carboxylic acid groups (broad SMARTS) is 1. The predicted molar refractivity (Wildman–Crippen MR) is 97.2 cm³/mol. The zero-order chi connectivity index (χ0) is 18.2. The molecule has 2 aromatic rings. The molecule has 1 unspecified atom stereocenters. The van der Waals surface area contributed by atoms with Crippen LogP contribution in [0.5, 0.6) is 5.75 Å². The highest BCUT2D eigenvalue weighted by atomic mass is 35.5. The Morgan fingerprint density at radius 2 is 1.96 bits per heavy atom. The van der Waals surface area contributed by atoms with Crippen LogP contribution >= 0.6 is 11.6 Å². The fourth-order valence-corrected chi connectivity index (χ4v) is 2.64. The Morgan fingerprint density at radius 1 is 1.24 bits per heavy atom. The smallest absolute Gasteiger partial charge is 0.341 e. The molecule has 0 aliphatic rings. The number of hydrogen-bond acceptors (Lipinski definition) is 4. The second kappa shape index (κ2) is 9.42. The van der Waals surface area contributed by atoms with E-state index in [1.807, 2.05) is 31.2 Å². The first-order valence-electron chi connectivity index (χ1n) is 8.04. The van der Waals surface area contributed by atoms with Gasteiger partial charge in [-0.2, -0.15) is 0 Å². The predicted octanol–water partition coefficient (Wildman–Crippen LogP) is 3.06. The van der Waals surface area contributed by atoms with Crippen molar-refractivity contribution in [3.8, 4) is 5.75 Å². The van der Waals surface area contributed by atoms with Crippen LogP contribution in [0.1, 0.15) is 24.2 Å². The maximum Gasteiger partial charge on any atom is 0.341 e. The maximum atomic E-state index is 10.5. The Kier molecular flexibility index (Phi) is 7.25. The minimum absolute atomic E-state index is 0.166. The number of carboxylic acids is 1. The molecule has 0 aliphatic carbocycles. The van der Waals surface area contributed by atoms with Crippen LogP contribution in [0.25, 0.3) is 0 Å². The normalized spacial score (nSPS) is 13.2. The first-order valence-corrected chi connectivity index (χ1v) is 8.42. The lowest BCUT2D eigenvalue weighted by Crippen LogP contribution is -2.32. The molecular weight excluding hydrogens is 342 g/mol. The first kappa shape index (κ1) is 19.2. The van der Waals surface area contributed by atoms with Crippen molar-refractivity contribution in [2.45, 2.75) is 25.5 Å². The number of aliphatic hydroxyl groups is 1. The first-order chi connectivity index (χ1) is 11.9. The number of nitrogens with one attached hydrogen (secondary N) is 1. The van der Waals surface area contributed by atoms with Crippen LogP contribution in [0, 0.1) is 0 Å². The fraction of sp³-hybridized carbons (Fsp3) is 0.316. The van der Waals surface area contributed by atoms with E-state index in [9.17, 15) is 9.90 Å². The molecule has 0 saturated heterocycles. The van der Waals surface area contributed by atoms with Gasteiger partial charge in [-0.1, -0.05) is 35.9 Å². The van der Waals surface area contributed by atoms with Crippen molar-refractivity contribution in [1.29, 1.82) is 0 Å². The molecule has 2 atom stereocenters. The molecule has 6 heteroatoms. The van der Waals surface area contributed by atoms with Gasteiger partial charge in [-0.05, 0) is 48.7 Å². The molecule has 0 fully saturated rings. The van der Waals surface area contributed by atoms with E-state index in [2.05, 4.69) is 5.32 Å². The largest absolute Gasteiger partial charge is 0.482 e. The molecule has 0 aliphatic heterocycles. The van der Waals surface area contributed by atoms with E-state index in [4.69, 9.17) is 21.4 Å². The van der Waals surface area contributed by atoms with Crippen molar-refractivity contribution in [2.24, 2.45) is 0 Å². The van der Waals surface area contributed by atoms with Gasteiger partial charge in [-0.3, -0.25) is 0 Å². The third kappa shape index (κ3) is 6.74. The molecule has 0 amide bonds. The minimum atomic E-state index is -1.000. The summed E-state index contributed by atoms with van der Waals surface area (Å²) < 4.78 is 5.11. The van der Waals surface area contributed by atoms with Crippen molar-refractivity contribution in [1.82, 2.24) is 5.32 Å². The molecule has 0 aromatic heterocycles. The molecule has 2 aromatic carbocycles. The summed E-state index contributed by atoms with van der Waals surface area (Å²) in [6.45, 7) is 2.12. The van der Waals surface area contributed by atoms with Gasteiger partial charge in [-0.15, -0.1) is 0 Å². The quantitative estimate of drug-likeness (QED) is 0.638. The van der Waals surface area contributed by atoms with Crippen LogP contribution < -0.4 is 10.1 Å². The molecule has 134 valence electrons. The number of aliphatic hydroxyl groups excluding tert-OH is 1. The summed E-state index contributed by atoms with van der Waals surface area (Å²) in [6, 6.07) is 14.7. The minimum Gasteiger partial charge on any atom is -0.482 e. The lowest BCUT2D eigenvalue weighted by atomic mass is 10.1. The topological polar surface area (TPSA) is 78.8 Å². The summed E-state index contributed by atoms with van der Waals surface area (Å²) in [5, 5.41) is 22.7. The summed E-state index contributed by atoms with van der Waals surface area (Å²) in [5.74, 6) is -0.469. The molecular formula is C19H22ClNO4. The molecule has 2 rings (SSSR count). The van der Waals surface area contributed by atoms with Crippen molar-refractivity contribution < 1.29 is 19.7 Å². The SMILES string of the molecule is CC(Cc1ccc(OCC(=O)O)cc1)NC[C@H](O)c1cccc(Cl)c1. The summed E-state index contributed by atoms with van der Waals surface area (Å²) in [7, 11) is 0. The third-order valence-corrected chi connectivity index (χ3v) is 3.96. The summed E-state index contributed by atoms with van der Waals surface area (Å²) in [4.78, 5) is 10.5. The number of rotatable bonds is 9. The van der Waals surface area contributed by atoms with Crippen LogP contribution in [-0.2, 0) is 11.2 Å². The van der Waals surface area contributed by atoms with Crippen molar-refractivity contribution >= 4 is 17.6 Å². The lowest BCUT2D eigenvalue weighted by Gasteiger charge is -2.18. The summed E-state index contributed by atoms with van der Waals surface area (Å²) in [6.07, 6.45) is 0.162. The Labute approximate surface area is 152 Å². The van der Waals surface area contributed by atoms with Gasteiger partial charge in [-0.25, -0.2) is 4.79 Å². The Hall–Kier alpha value is -2.08. The number of halogens is 1. The average molecular weight is 364 g/mol. The number of benzene rings is 2. The standard InChI is InChI=1S/C19H22ClNO4/c1-13(21-11-18(22)15-3-2-4-16(20)10-15)9-14-5-7-17(8-6-14)25-12-19(23)24/h2-8,10,13,18,21-22H,9,11-12H2,1H3,(H,23,24)/t13?,18-/m0/s1. The summed E-state index contributed by atoms with van der Waals surface area (Å²) in [5.41, 5.74) is 1.88. The van der Waals surface area contributed by atoms with E-state index in [-0.39, 0.29) is 12.6 Å². The molecule has 3 N–H and O–H groups in total. The average Bonchev–Trinajstić information content (AvgIpc) is 2.59. The van der Waals surface area contributed by atoms with Gasteiger partial charge in [0.2, 0.25) is 0 Å². The number of carbonyl (C=O) groups is 1. The highest BCUT2D eigenvalue weighted by Gasteiger charge is 2.10. The highest BCUT2D eigenvalue weighted by molar-refractivity contribution is 6.30. The van der Waals surface area contributed by atoms with Crippen molar-refractivity contribution in [2.75, 3.05) is 13.2 Å². The second-order valence-electron chi connectivity index (χ2n) is 5.91. The van der Waals surface area contributed by atoms with E-state index >= 15 is 0 Å². The molecule has 0 saturated carbocycles. The highest BCUT2D eigenvalue weighted by Crippen LogP contribution is 2.18. The molecule has 0 radical (unpaired) electrons. The molecule has 0 bridgehead atoms. The van der Waals surface area contributed by atoms with Crippen LogP contribution in [0.4, 0.5) is 0 Å². The van der Waals surface area contributed by atoms with E-state index < -0.39 is 12.1 Å². The van der Waals surface area contributed by atoms with E-state index in [0.717, 1.165) is 17.5 Å². The fourth-order valence-electron chi connectivity index (χ4n) is 2.44. The van der Waals surface area contributed by atoms with Crippen molar-refractivity contribution in [3.05, 3.63) is 64.7 Å². The Morgan fingerprint density at radius 3 is 2.60 bits per heavy atom. The van der Waals surface area contributed by atoms with Gasteiger partial charge < -0.3 is 20.3 Å². The zero-order valence-corrected chi connectivity index (χ0v) is 14.7. The van der Waals surface area contributed by atoms with Crippen LogP contribution in [0.15, 0.2) is 48.5 Å². The molecule has 0 heterocycles. The van der Waals surface area contributed by atoms with Gasteiger partial charge in [0.25, 0.3) is 0 Å². The maximum absolute atomic E-state index is 10.5.